The fourth-order valence-corrected chi connectivity index (χ4v) is 1.31. The second-order valence-corrected chi connectivity index (χ2v) is 3.38. The lowest BCUT2D eigenvalue weighted by Crippen LogP contribution is -2.32. The van der Waals surface area contributed by atoms with E-state index in [0.717, 1.165) is 10.6 Å². The van der Waals surface area contributed by atoms with Gasteiger partial charge >= 0.3 is 0 Å². The molecule has 66 valence electrons. The van der Waals surface area contributed by atoms with Gasteiger partial charge in [0.15, 0.2) is 0 Å². The molecule has 0 spiro atoms. The van der Waals surface area contributed by atoms with Crippen molar-refractivity contribution < 1.29 is 0 Å². The average molecular weight is 185 g/mol. The Balaban J connectivity index is 2.90. The minimum absolute atomic E-state index is 0.304. The van der Waals surface area contributed by atoms with Gasteiger partial charge in [0.2, 0.25) is 0 Å². The van der Waals surface area contributed by atoms with E-state index < -0.39 is 0 Å². The molecule has 0 radical (unpaired) electrons. The van der Waals surface area contributed by atoms with Gasteiger partial charge in [0.05, 0.1) is 6.17 Å². The van der Waals surface area contributed by atoms with Crippen LogP contribution in [-0.4, -0.2) is 6.17 Å². The molecule has 1 aromatic rings. The SMILES string of the molecule is Cc1ccc(Cl)cc1CC(N)N. The van der Waals surface area contributed by atoms with E-state index >= 15 is 0 Å². The highest BCUT2D eigenvalue weighted by Gasteiger charge is 2.02. The molecule has 0 bridgehead atoms. The maximum absolute atomic E-state index is 5.82. The molecule has 0 saturated carbocycles. The molecule has 0 aliphatic carbocycles. The molecule has 0 saturated heterocycles. The summed E-state index contributed by atoms with van der Waals surface area (Å²) >= 11 is 5.82. The minimum Gasteiger partial charge on any atom is -0.316 e. The smallest absolute Gasteiger partial charge is 0.0562 e. The number of hydrogen-bond donors (Lipinski definition) is 2. The Hall–Kier alpha value is -0.570. The summed E-state index contributed by atoms with van der Waals surface area (Å²) in [4.78, 5) is 0. The van der Waals surface area contributed by atoms with Crippen LogP contribution in [0.4, 0.5) is 0 Å². The molecule has 2 nitrogen and oxygen atoms in total. The summed E-state index contributed by atoms with van der Waals surface area (Å²) in [6, 6.07) is 5.74. The Morgan fingerprint density at radius 2 is 2.08 bits per heavy atom. The molecule has 1 aromatic carbocycles. The molecule has 0 aliphatic rings. The van der Waals surface area contributed by atoms with Crippen molar-refractivity contribution in [1.29, 1.82) is 0 Å². The molecule has 0 amide bonds. The van der Waals surface area contributed by atoms with E-state index in [0.29, 0.717) is 6.42 Å². The van der Waals surface area contributed by atoms with Crippen molar-refractivity contribution in [2.75, 3.05) is 0 Å². The zero-order chi connectivity index (χ0) is 9.14. The Labute approximate surface area is 77.5 Å². The van der Waals surface area contributed by atoms with Gasteiger partial charge in [-0.15, -0.1) is 0 Å². The number of aryl methyl sites for hydroxylation is 1. The summed E-state index contributed by atoms with van der Waals surface area (Å²) in [5.41, 5.74) is 13.3. The van der Waals surface area contributed by atoms with Crippen LogP contribution >= 0.6 is 11.6 Å². The quantitative estimate of drug-likeness (QED) is 0.684. The second-order valence-electron chi connectivity index (χ2n) is 2.94. The zero-order valence-electron chi connectivity index (χ0n) is 7.05. The van der Waals surface area contributed by atoms with Gasteiger partial charge in [0.25, 0.3) is 0 Å². The fraction of sp³-hybridized carbons (Fsp3) is 0.333. The van der Waals surface area contributed by atoms with Crippen molar-refractivity contribution in [2.45, 2.75) is 19.5 Å². The van der Waals surface area contributed by atoms with Crippen molar-refractivity contribution in [3.05, 3.63) is 34.3 Å². The van der Waals surface area contributed by atoms with Crippen LogP contribution in [0.5, 0.6) is 0 Å². The Morgan fingerprint density at radius 1 is 1.42 bits per heavy atom. The second kappa shape index (κ2) is 3.90. The van der Waals surface area contributed by atoms with E-state index in [-0.39, 0.29) is 6.17 Å². The summed E-state index contributed by atoms with van der Waals surface area (Å²) in [5.74, 6) is 0. The van der Waals surface area contributed by atoms with Crippen molar-refractivity contribution in [3.63, 3.8) is 0 Å². The average Bonchev–Trinajstić information content (AvgIpc) is 1.96. The topological polar surface area (TPSA) is 52.0 Å². The first-order valence-corrected chi connectivity index (χ1v) is 4.23. The highest BCUT2D eigenvalue weighted by molar-refractivity contribution is 6.30. The molecule has 3 heteroatoms. The van der Waals surface area contributed by atoms with Gasteiger partial charge in [-0.05, 0) is 30.2 Å². The summed E-state index contributed by atoms with van der Waals surface area (Å²) in [6.07, 6.45) is 0.369. The van der Waals surface area contributed by atoms with E-state index in [9.17, 15) is 0 Å². The van der Waals surface area contributed by atoms with Crippen LogP contribution in [-0.2, 0) is 6.42 Å². The largest absolute Gasteiger partial charge is 0.316 e. The maximum atomic E-state index is 5.82. The molecular formula is C9H13ClN2. The van der Waals surface area contributed by atoms with E-state index in [1.54, 1.807) is 0 Å². The Morgan fingerprint density at radius 3 is 2.67 bits per heavy atom. The number of halogens is 1. The Kier molecular flexibility index (Phi) is 3.09. The highest BCUT2D eigenvalue weighted by atomic mass is 35.5. The summed E-state index contributed by atoms with van der Waals surface area (Å²) < 4.78 is 0. The lowest BCUT2D eigenvalue weighted by molar-refractivity contribution is 0.700. The molecule has 4 N–H and O–H groups in total. The lowest BCUT2D eigenvalue weighted by Gasteiger charge is -2.08. The third-order valence-corrected chi connectivity index (χ3v) is 2.00. The van der Waals surface area contributed by atoms with Gasteiger partial charge in [-0.2, -0.15) is 0 Å². The molecule has 0 heterocycles. The predicted octanol–water partition coefficient (Wildman–Crippen LogP) is 1.43. The zero-order valence-corrected chi connectivity index (χ0v) is 7.81. The normalized spacial score (nSPS) is 10.8. The highest BCUT2D eigenvalue weighted by Crippen LogP contribution is 2.15. The van der Waals surface area contributed by atoms with Crippen molar-refractivity contribution in [3.8, 4) is 0 Å². The van der Waals surface area contributed by atoms with E-state index in [1.165, 1.54) is 5.56 Å². The molecule has 0 unspecified atom stereocenters. The first kappa shape index (κ1) is 9.52. The third-order valence-electron chi connectivity index (χ3n) is 1.77. The first-order valence-electron chi connectivity index (χ1n) is 3.86. The van der Waals surface area contributed by atoms with Crippen LogP contribution in [0.15, 0.2) is 18.2 Å². The molecule has 12 heavy (non-hydrogen) atoms. The number of rotatable bonds is 2. The Bertz CT molecular complexity index is 271. The molecule has 0 atom stereocenters. The maximum Gasteiger partial charge on any atom is 0.0562 e. The van der Waals surface area contributed by atoms with Crippen LogP contribution in [0.2, 0.25) is 5.02 Å². The van der Waals surface area contributed by atoms with Crippen LogP contribution in [0, 0.1) is 6.92 Å². The van der Waals surface area contributed by atoms with E-state index in [2.05, 4.69) is 0 Å². The van der Waals surface area contributed by atoms with E-state index in [1.807, 2.05) is 25.1 Å². The van der Waals surface area contributed by atoms with Gasteiger partial charge in [-0.3, -0.25) is 0 Å². The van der Waals surface area contributed by atoms with Crippen molar-refractivity contribution in [2.24, 2.45) is 11.5 Å². The number of nitrogens with two attached hydrogens (primary N) is 2. The standard InChI is InChI=1S/C9H13ClN2/c1-6-2-3-8(10)4-7(6)5-9(11)12/h2-4,9H,5,11-12H2,1H3. The molecular weight excluding hydrogens is 172 g/mol. The van der Waals surface area contributed by atoms with Crippen LogP contribution in [0.25, 0.3) is 0 Å². The van der Waals surface area contributed by atoms with Gasteiger partial charge in [-0.25, -0.2) is 0 Å². The molecule has 0 aliphatic heterocycles. The first-order chi connectivity index (χ1) is 5.59. The van der Waals surface area contributed by atoms with Crippen molar-refractivity contribution >= 4 is 11.6 Å². The fourth-order valence-electron chi connectivity index (χ4n) is 1.11. The number of hydrogen-bond acceptors (Lipinski definition) is 2. The summed E-state index contributed by atoms with van der Waals surface area (Å²) in [7, 11) is 0. The van der Waals surface area contributed by atoms with Crippen LogP contribution < -0.4 is 11.5 Å². The monoisotopic (exact) mass is 184 g/mol. The van der Waals surface area contributed by atoms with Gasteiger partial charge in [0.1, 0.15) is 0 Å². The van der Waals surface area contributed by atoms with Crippen molar-refractivity contribution in [1.82, 2.24) is 0 Å². The van der Waals surface area contributed by atoms with Gasteiger partial charge in [-0.1, -0.05) is 17.7 Å². The summed E-state index contributed by atoms with van der Waals surface area (Å²) in [6.45, 7) is 2.02. The molecule has 0 fully saturated rings. The number of benzene rings is 1. The minimum atomic E-state index is -0.304. The summed E-state index contributed by atoms with van der Waals surface area (Å²) in [5, 5.41) is 0.733. The predicted molar refractivity (Wildman–Crippen MR) is 52.1 cm³/mol. The molecule has 1 rings (SSSR count). The third kappa shape index (κ3) is 2.48. The lowest BCUT2D eigenvalue weighted by atomic mass is 10.1. The van der Waals surface area contributed by atoms with Crippen LogP contribution in [0.3, 0.4) is 0 Å². The van der Waals surface area contributed by atoms with E-state index in [4.69, 9.17) is 23.1 Å². The van der Waals surface area contributed by atoms with Crippen LogP contribution in [0.1, 0.15) is 11.1 Å². The molecule has 0 aromatic heterocycles. The van der Waals surface area contributed by atoms with Gasteiger partial charge < -0.3 is 11.5 Å². The van der Waals surface area contributed by atoms with Gasteiger partial charge in [0, 0.05) is 11.4 Å².